The second kappa shape index (κ2) is 7.10. The van der Waals surface area contributed by atoms with E-state index in [4.69, 9.17) is 4.74 Å². The minimum absolute atomic E-state index is 0.0888. The van der Waals surface area contributed by atoms with Gasteiger partial charge in [-0.05, 0) is 54.8 Å². The van der Waals surface area contributed by atoms with Crippen LogP contribution >= 0.6 is 0 Å². The van der Waals surface area contributed by atoms with Gasteiger partial charge in [-0.1, -0.05) is 19.1 Å². The van der Waals surface area contributed by atoms with Gasteiger partial charge >= 0.3 is 0 Å². The molecule has 0 radical (unpaired) electrons. The summed E-state index contributed by atoms with van der Waals surface area (Å²) in [6.07, 6.45) is 0.589. The van der Waals surface area contributed by atoms with Crippen LogP contribution in [0.15, 0.2) is 47.4 Å². The first-order chi connectivity index (χ1) is 10.9. The van der Waals surface area contributed by atoms with Crippen LogP contribution in [0.3, 0.4) is 0 Å². The number of aryl methyl sites for hydroxylation is 1. The van der Waals surface area contributed by atoms with Crippen LogP contribution in [0.25, 0.3) is 0 Å². The Morgan fingerprint density at radius 3 is 2.35 bits per heavy atom. The number of rotatable bonds is 6. The fourth-order valence-corrected chi connectivity index (χ4v) is 3.92. The Morgan fingerprint density at radius 1 is 1.17 bits per heavy atom. The van der Waals surface area contributed by atoms with Crippen molar-refractivity contribution in [1.82, 2.24) is 4.72 Å². The van der Waals surface area contributed by atoms with Crippen molar-refractivity contribution in [1.29, 1.82) is 0 Å². The maximum atomic E-state index is 13.2. The highest BCUT2D eigenvalue weighted by atomic mass is 32.2. The molecule has 0 aliphatic rings. The molecule has 23 heavy (non-hydrogen) atoms. The molecule has 2 aromatic rings. The van der Waals surface area contributed by atoms with Crippen molar-refractivity contribution in [3.63, 3.8) is 0 Å². The fraction of sp³-hybridized carbons (Fsp3) is 0.294. The van der Waals surface area contributed by atoms with Gasteiger partial charge in [0, 0.05) is 6.04 Å². The molecule has 1 unspecified atom stereocenters. The summed E-state index contributed by atoms with van der Waals surface area (Å²) in [6, 6.07) is 10.5. The predicted molar refractivity (Wildman–Crippen MR) is 87.5 cm³/mol. The molecule has 0 aliphatic heterocycles. The third-order valence-corrected chi connectivity index (χ3v) is 5.28. The first kappa shape index (κ1) is 17.4. The molecule has 0 spiro atoms. The minimum Gasteiger partial charge on any atom is -0.497 e. The predicted octanol–water partition coefficient (Wildman–Crippen LogP) is 3.57. The van der Waals surface area contributed by atoms with E-state index in [0.717, 1.165) is 11.6 Å². The summed E-state index contributed by atoms with van der Waals surface area (Å²) < 4.78 is 46.1. The first-order valence-corrected chi connectivity index (χ1v) is 8.78. The zero-order valence-electron chi connectivity index (χ0n) is 13.3. The topological polar surface area (TPSA) is 55.4 Å². The molecule has 0 aromatic heterocycles. The summed E-state index contributed by atoms with van der Waals surface area (Å²) in [5, 5.41) is 0. The van der Waals surface area contributed by atoms with Gasteiger partial charge in [-0.15, -0.1) is 0 Å². The standard InChI is InChI=1S/C17H20FNO3S/c1-4-16(13-5-8-15(22-3)9-6-13)19-23(20,21)17-10-7-14(18)11-12(17)2/h5-11,16,19H,4H2,1-3H3. The summed E-state index contributed by atoms with van der Waals surface area (Å²) >= 11 is 0. The van der Waals surface area contributed by atoms with E-state index >= 15 is 0 Å². The average Bonchev–Trinajstić information content (AvgIpc) is 2.52. The zero-order chi connectivity index (χ0) is 17.0. The van der Waals surface area contributed by atoms with E-state index in [9.17, 15) is 12.8 Å². The number of nitrogens with one attached hydrogen (secondary N) is 1. The molecule has 1 N–H and O–H groups in total. The van der Waals surface area contributed by atoms with Crippen LogP contribution in [0.5, 0.6) is 5.75 Å². The lowest BCUT2D eigenvalue weighted by Crippen LogP contribution is -2.28. The molecule has 0 fully saturated rings. The molecule has 0 bridgehead atoms. The molecule has 0 heterocycles. The van der Waals surface area contributed by atoms with Crippen LogP contribution in [0.1, 0.15) is 30.5 Å². The van der Waals surface area contributed by atoms with Gasteiger partial charge in [0.2, 0.25) is 10.0 Å². The van der Waals surface area contributed by atoms with Crippen LogP contribution in [0, 0.1) is 12.7 Å². The van der Waals surface area contributed by atoms with Crippen molar-refractivity contribution in [3.05, 3.63) is 59.4 Å². The summed E-state index contributed by atoms with van der Waals surface area (Å²) in [4.78, 5) is 0.0888. The molecule has 0 saturated heterocycles. The highest BCUT2D eigenvalue weighted by molar-refractivity contribution is 7.89. The molecule has 6 heteroatoms. The molecule has 0 saturated carbocycles. The van der Waals surface area contributed by atoms with Crippen molar-refractivity contribution < 1.29 is 17.5 Å². The van der Waals surface area contributed by atoms with Gasteiger partial charge in [0.1, 0.15) is 11.6 Å². The van der Waals surface area contributed by atoms with Gasteiger partial charge in [-0.2, -0.15) is 0 Å². The summed E-state index contributed by atoms with van der Waals surface area (Å²) in [5.41, 5.74) is 1.22. The molecule has 0 amide bonds. The number of halogens is 1. The molecule has 124 valence electrons. The van der Waals surface area contributed by atoms with E-state index in [1.54, 1.807) is 26.2 Å². The lowest BCUT2D eigenvalue weighted by atomic mass is 10.1. The third-order valence-electron chi connectivity index (χ3n) is 3.65. The Balaban J connectivity index is 2.29. The molecule has 4 nitrogen and oxygen atoms in total. The van der Waals surface area contributed by atoms with Gasteiger partial charge < -0.3 is 4.74 Å². The Kier molecular flexibility index (Phi) is 5.38. The normalized spacial score (nSPS) is 12.9. The highest BCUT2D eigenvalue weighted by Gasteiger charge is 2.22. The second-order valence-corrected chi connectivity index (χ2v) is 6.95. The number of sulfonamides is 1. The number of methoxy groups -OCH3 is 1. The monoisotopic (exact) mass is 337 g/mol. The van der Waals surface area contributed by atoms with Crippen LogP contribution < -0.4 is 9.46 Å². The van der Waals surface area contributed by atoms with Crippen LogP contribution in [0.2, 0.25) is 0 Å². The van der Waals surface area contributed by atoms with E-state index in [-0.39, 0.29) is 10.9 Å². The minimum atomic E-state index is -3.73. The van der Waals surface area contributed by atoms with Crippen LogP contribution in [-0.4, -0.2) is 15.5 Å². The average molecular weight is 337 g/mol. The second-order valence-electron chi connectivity index (χ2n) is 5.27. The summed E-state index contributed by atoms with van der Waals surface area (Å²) in [5.74, 6) is 0.254. The lowest BCUT2D eigenvalue weighted by Gasteiger charge is -2.18. The molecule has 2 rings (SSSR count). The van der Waals surface area contributed by atoms with E-state index in [2.05, 4.69) is 4.72 Å². The molecular weight excluding hydrogens is 317 g/mol. The number of hydrogen-bond donors (Lipinski definition) is 1. The number of hydrogen-bond acceptors (Lipinski definition) is 3. The summed E-state index contributed by atoms with van der Waals surface area (Å²) in [7, 11) is -2.16. The van der Waals surface area contributed by atoms with E-state index in [0.29, 0.717) is 17.7 Å². The van der Waals surface area contributed by atoms with Crippen LogP contribution in [-0.2, 0) is 10.0 Å². The van der Waals surface area contributed by atoms with Gasteiger partial charge in [0.25, 0.3) is 0 Å². The van der Waals surface area contributed by atoms with Crippen molar-refractivity contribution in [2.75, 3.05) is 7.11 Å². The Morgan fingerprint density at radius 2 is 1.83 bits per heavy atom. The van der Waals surface area contributed by atoms with Gasteiger partial charge in [-0.3, -0.25) is 0 Å². The van der Waals surface area contributed by atoms with E-state index < -0.39 is 15.8 Å². The smallest absolute Gasteiger partial charge is 0.241 e. The largest absolute Gasteiger partial charge is 0.497 e. The molecule has 0 aliphatic carbocycles. The SMILES string of the molecule is CCC(NS(=O)(=O)c1ccc(F)cc1C)c1ccc(OC)cc1. The van der Waals surface area contributed by atoms with Crippen LogP contribution in [0.4, 0.5) is 4.39 Å². The van der Waals surface area contributed by atoms with Gasteiger partial charge in [0.05, 0.1) is 12.0 Å². The third kappa shape index (κ3) is 4.09. The Labute approximate surface area is 136 Å². The van der Waals surface area contributed by atoms with E-state index in [1.165, 1.54) is 12.1 Å². The first-order valence-electron chi connectivity index (χ1n) is 7.30. The number of ether oxygens (including phenoxy) is 1. The number of benzene rings is 2. The molecule has 1 atom stereocenters. The van der Waals surface area contributed by atoms with Crippen molar-refractivity contribution in [2.45, 2.75) is 31.2 Å². The summed E-state index contributed by atoms with van der Waals surface area (Å²) in [6.45, 7) is 3.47. The van der Waals surface area contributed by atoms with Gasteiger partial charge in [-0.25, -0.2) is 17.5 Å². The maximum absolute atomic E-state index is 13.2. The maximum Gasteiger partial charge on any atom is 0.241 e. The fourth-order valence-electron chi connectivity index (χ4n) is 2.39. The Bertz CT molecular complexity index is 773. The lowest BCUT2D eigenvalue weighted by molar-refractivity contribution is 0.414. The van der Waals surface area contributed by atoms with Crippen molar-refractivity contribution in [2.24, 2.45) is 0 Å². The molecular formula is C17H20FNO3S. The van der Waals surface area contributed by atoms with Crippen molar-refractivity contribution in [3.8, 4) is 5.75 Å². The van der Waals surface area contributed by atoms with E-state index in [1.807, 2.05) is 19.1 Å². The molecule has 2 aromatic carbocycles. The highest BCUT2D eigenvalue weighted by Crippen LogP contribution is 2.24. The quantitative estimate of drug-likeness (QED) is 0.877. The van der Waals surface area contributed by atoms with Crippen molar-refractivity contribution >= 4 is 10.0 Å². The Hall–Kier alpha value is -1.92. The van der Waals surface area contributed by atoms with Gasteiger partial charge in [0.15, 0.2) is 0 Å². The zero-order valence-corrected chi connectivity index (χ0v) is 14.2.